The van der Waals surface area contributed by atoms with Gasteiger partial charge < -0.3 is 34.5 Å². The van der Waals surface area contributed by atoms with Gasteiger partial charge in [-0.1, -0.05) is 0 Å². The van der Waals surface area contributed by atoms with Crippen molar-refractivity contribution in [2.45, 2.75) is 32.3 Å². The Morgan fingerprint density at radius 2 is 1.97 bits per heavy atom. The molecule has 1 saturated heterocycles. The molecule has 3 heterocycles. The van der Waals surface area contributed by atoms with Gasteiger partial charge in [-0.3, -0.25) is 0 Å². The smallest absolute Gasteiger partial charge is 0.230 e. The van der Waals surface area contributed by atoms with E-state index in [4.69, 9.17) is 14.2 Å². The lowest BCUT2D eigenvalue weighted by molar-refractivity contribution is 0.104. The number of likely N-dealkylation sites (tertiary alicyclic amines) is 1. The maximum absolute atomic E-state index is 10.4. The number of hydrogen-bond acceptors (Lipinski definition) is 8. The van der Waals surface area contributed by atoms with Crippen LogP contribution in [0.4, 0.5) is 0 Å². The highest BCUT2D eigenvalue weighted by Gasteiger charge is 2.15. The predicted octanol–water partition coefficient (Wildman–Crippen LogP) is 4.04. The largest absolute Gasteiger partial charge is 0.493 e. The standard InChI is InChI=1S/C28H35N5O4/c1-19-15-30-24-7-6-21(12-22(19)24)37-28-23-13-26(35-2)27(14-25(23)31-18-32-28)36-17-20(34)16-29-8-5-11-33-9-3-4-10-33/h6-7,12-15,18,20,29-30,34H,3-5,8-11,16-17H2,1-2H3. The number of aliphatic hydroxyl groups is 1. The topological polar surface area (TPSA) is 105 Å². The number of ether oxygens (including phenoxy) is 3. The molecule has 1 aliphatic heterocycles. The van der Waals surface area contributed by atoms with Crippen LogP contribution in [0.15, 0.2) is 42.9 Å². The molecule has 1 fully saturated rings. The van der Waals surface area contributed by atoms with Gasteiger partial charge in [0.1, 0.15) is 24.8 Å². The van der Waals surface area contributed by atoms with Crippen molar-refractivity contribution < 1.29 is 19.3 Å². The van der Waals surface area contributed by atoms with Crippen LogP contribution in [0.25, 0.3) is 21.8 Å². The summed E-state index contributed by atoms with van der Waals surface area (Å²) in [5.74, 6) is 2.15. The van der Waals surface area contributed by atoms with Crippen LogP contribution in [0, 0.1) is 6.92 Å². The highest BCUT2D eigenvalue weighted by atomic mass is 16.5. The average Bonchev–Trinajstić information content (AvgIpc) is 3.57. The normalized spacial score (nSPS) is 14.9. The summed E-state index contributed by atoms with van der Waals surface area (Å²) in [6.45, 7) is 7.09. The summed E-state index contributed by atoms with van der Waals surface area (Å²) < 4.78 is 17.6. The summed E-state index contributed by atoms with van der Waals surface area (Å²) in [5, 5.41) is 15.5. The Hall–Kier alpha value is -3.40. The maximum Gasteiger partial charge on any atom is 0.230 e. The van der Waals surface area contributed by atoms with Crippen molar-refractivity contribution in [3.05, 3.63) is 48.4 Å². The van der Waals surface area contributed by atoms with Gasteiger partial charge >= 0.3 is 0 Å². The molecule has 2 aromatic heterocycles. The number of fused-ring (bicyclic) bond motifs is 2. The van der Waals surface area contributed by atoms with Crippen LogP contribution < -0.4 is 19.5 Å². The van der Waals surface area contributed by atoms with E-state index in [2.05, 4.69) is 32.1 Å². The molecule has 0 spiro atoms. The molecule has 1 atom stereocenters. The van der Waals surface area contributed by atoms with Crippen LogP contribution in [-0.4, -0.2) is 77.5 Å². The van der Waals surface area contributed by atoms with Gasteiger partial charge in [0, 0.05) is 29.7 Å². The van der Waals surface area contributed by atoms with E-state index in [9.17, 15) is 5.11 Å². The summed E-state index contributed by atoms with van der Waals surface area (Å²) >= 11 is 0. The van der Waals surface area contributed by atoms with Gasteiger partial charge in [-0.15, -0.1) is 0 Å². The Labute approximate surface area is 216 Å². The van der Waals surface area contributed by atoms with E-state index in [1.165, 1.54) is 32.3 Å². The number of benzene rings is 2. The molecule has 0 radical (unpaired) electrons. The van der Waals surface area contributed by atoms with Crippen molar-refractivity contribution in [3.8, 4) is 23.1 Å². The molecule has 1 aliphatic rings. The highest BCUT2D eigenvalue weighted by Crippen LogP contribution is 2.36. The quantitative estimate of drug-likeness (QED) is 0.248. The van der Waals surface area contributed by atoms with Crippen LogP contribution in [0.2, 0.25) is 0 Å². The molecule has 0 amide bonds. The number of aromatic amines is 1. The predicted molar refractivity (Wildman–Crippen MR) is 144 cm³/mol. The lowest BCUT2D eigenvalue weighted by atomic mass is 10.2. The first-order valence-electron chi connectivity index (χ1n) is 12.9. The van der Waals surface area contributed by atoms with Gasteiger partial charge in [-0.2, -0.15) is 0 Å². The number of aromatic nitrogens is 3. The lowest BCUT2D eigenvalue weighted by Crippen LogP contribution is -2.33. The molecule has 5 rings (SSSR count). The summed E-state index contributed by atoms with van der Waals surface area (Å²) in [6, 6.07) is 9.48. The summed E-state index contributed by atoms with van der Waals surface area (Å²) in [5.41, 5.74) is 2.87. The fourth-order valence-electron chi connectivity index (χ4n) is 4.76. The summed E-state index contributed by atoms with van der Waals surface area (Å²) in [7, 11) is 1.58. The van der Waals surface area contributed by atoms with Crippen LogP contribution >= 0.6 is 0 Å². The average molecular weight is 506 g/mol. The van der Waals surface area contributed by atoms with E-state index in [0.717, 1.165) is 36.0 Å². The van der Waals surface area contributed by atoms with Crippen molar-refractivity contribution in [3.63, 3.8) is 0 Å². The van der Waals surface area contributed by atoms with E-state index in [-0.39, 0.29) is 6.61 Å². The van der Waals surface area contributed by atoms with E-state index in [0.29, 0.717) is 40.6 Å². The van der Waals surface area contributed by atoms with Gasteiger partial charge in [0.2, 0.25) is 5.88 Å². The molecule has 37 heavy (non-hydrogen) atoms. The molecule has 1 unspecified atom stereocenters. The van der Waals surface area contributed by atoms with Crippen molar-refractivity contribution in [2.24, 2.45) is 0 Å². The van der Waals surface area contributed by atoms with Gasteiger partial charge in [-0.25, -0.2) is 9.97 Å². The highest BCUT2D eigenvalue weighted by molar-refractivity contribution is 5.88. The second-order valence-electron chi connectivity index (χ2n) is 9.55. The molecule has 9 heteroatoms. The summed E-state index contributed by atoms with van der Waals surface area (Å²) in [4.78, 5) is 14.5. The summed E-state index contributed by atoms with van der Waals surface area (Å²) in [6.07, 6.45) is 6.51. The first-order valence-corrected chi connectivity index (χ1v) is 12.9. The molecule has 9 nitrogen and oxygen atoms in total. The molecule has 2 aromatic carbocycles. The van der Waals surface area contributed by atoms with Crippen LogP contribution in [0.3, 0.4) is 0 Å². The van der Waals surface area contributed by atoms with Crippen molar-refractivity contribution in [2.75, 3.05) is 46.4 Å². The number of hydrogen-bond donors (Lipinski definition) is 3. The fraction of sp³-hybridized carbons (Fsp3) is 0.429. The van der Waals surface area contributed by atoms with Crippen molar-refractivity contribution in [1.29, 1.82) is 0 Å². The van der Waals surface area contributed by atoms with E-state index in [1.807, 2.05) is 30.5 Å². The number of nitrogens with zero attached hydrogens (tertiary/aromatic N) is 3. The monoisotopic (exact) mass is 505 g/mol. The van der Waals surface area contributed by atoms with Gasteiger partial charge in [0.25, 0.3) is 0 Å². The zero-order valence-electron chi connectivity index (χ0n) is 21.5. The fourth-order valence-corrected chi connectivity index (χ4v) is 4.76. The Balaban J connectivity index is 1.21. The third kappa shape index (κ3) is 6.12. The first-order chi connectivity index (χ1) is 18.1. The number of H-pyrrole nitrogens is 1. The Morgan fingerprint density at radius 1 is 1.11 bits per heavy atom. The van der Waals surface area contributed by atoms with Crippen molar-refractivity contribution >= 4 is 21.8 Å². The van der Waals surface area contributed by atoms with E-state index >= 15 is 0 Å². The van der Waals surface area contributed by atoms with E-state index in [1.54, 1.807) is 13.2 Å². The van der Waals surface area contributed by atoms with Crippen molar-refractivity contribution in [1.82, 2.24) is 25.2 Å². The molecule has 4 aromatic rings. The Kier molecular flexibility index (Phi) is 8.03. The van der Waals surface area contributed by atoms with Crippen LogP contribution in [0.1, 0.15) is 24.8 Å². The molecule has 0 bridgehead atoms. The molecular formula is C28H35N5O4. The lowest BCUT2D eigenvalue weighted by Gasteiger charge is -2.17. The van der Waals surface area contributed by atoms with E-state index < -0.39 is 6.10 Å². The third-order valence-corrected chi connectivity index (χ3v) is 6.80. The van der Waals surface area contributed by atoms with Crippen LogP contribution in [-0.2, 0) is 0 Å². The Morgan fingerprint density at radius 3 is 2.81 bits per heavy atom. The van der Waals surface area contributed by atoms with Gasteiger partial charge in [0.05, 0.1) is 18.0 Å². The second kappa shape index (κ2) is 11.8. The number of nitrogens with one attached hydrogen (secondary N) is 2. The molecule has 196 valence electrons. The number of rotatable bonds is 12. The third-order valence-electron chi connectivity index (χ3n) is 6.80. The zero-order chi connectivity index (χ0) is 25.6. The van der Waals surface area contributed by atoms with Gasteiger partial charge in [0.15, 0.2) is 11.5 Å². The maximum atomic E-state index is 10.4. The first kappa shape index (κ1) is 25.3. The number of methoxy groups -OCH3 is 1. The minimum absolute atomic E-state index is 0.144. The molecule has 3 N–H and O–H groups in total. The number of aryl methyl sites for hydroxylation is 1. The second-order valence-corrected chi connectivity index (χ2v) is 9.55. The number of aliphatic hydroxyl groups excluding tert-OH is 1. The van der Waals surface area contributed by atoms with Crippen LogP contribution in [0.5, 0.6) is 23.1 Å². The Bertz CT molecular complexity index is 1340. The minimum atomic E-state index is -0.636. The molecular weight excluding hydrogens is 470 g/mol. The van der Waals surface area contributed by atoms with Gasteiger partial charge in [-0.05, 0) is 82.2 Å². The molecule has 0 aliphatic carbocycles. The SMILES string of the molecule is COc1cc2c(Oc3ccc4[nH]cc(C)c4c3)ncnc2cc1OCC(O)CNCCCN1CCCC1. The zero-order valence-corrected chi connectivity index (χ0v) is 21.5. The minimum Gasteiger partial charge on any atom is -0.493 e. The molecule has 0 saturated carbocycles.